The molecular weight excluding hydrogens is 152 g/mol. The van der Waals surface area contributed by atoms with E-state index in [9.17, 15) is 0 Å². The van der Waals surface area contributed by atoms with Crippen LogP contribution in [0.4, 0.5) is 0 Å². The van der Waals surface area contributed by atoms with Crippen molar-refractivity contribution in [2.75, 3.05) is 0 Å². The zero-order valence-corrected chi connectivity index (χ0v) is 6.32. The summed E-state index contributed by atoms with van der Waals surface area (Å²) in [6.45, 7) is 0.508. The Labute approximate surface area is 69.9 Å². The molecule has 1 aliphatic rings. The SMILES string of the molecule is N#Cc1cnc2c(c1)COC=C2. The molecule has 0 radical (unpaired) electrons. The maximum atomic E-state index is 8.59. The molecule has 2 rings (SSSR count). The van der Waals surface area contributed by atoms with Crippen molar-refractivity contribution < 1.29 is 4.74 Å². The van der Waals surface area contributed by atoms with Gasteiger partial charge in [0, 0.05) is 11.8 Å². The molecule has 0 spiro atoms. The van der Waals surface area contributed by atoms with Crippen LogP contribution >= 0.6 is 0 Å². The molecule has 0 saturated heterocycles. The average Bonchev–Trinajstić information content (AvgIpc) is 2.17. The van der Waals surface area contributed by atoms with Gasteiger partial charge in [0.25, 0.3) is 0 Å². The van der Waals surface area contributed by atoms with E-state index >= 15 is 0 Å². The van der Waals surface area contributed by atoms with Crippen LogP contribution in [0.15, 0.2) is 18.5 Å². The molecule has 1 aliphatic heterocycles. The van der Waals surface area contributed by atoms with E-state index in [4.69, 9.17) is 10.00 Å². The van der Waals surface area contributed by atoms with E-state index in [1.54, 1.807) is 24.6 Å². The second-order valence-corrected chi connectivity index (χ2v) is 2.49. The topological polar surface area (TPSA) is 45.9 Å². The second kappa shape index (κ2) is 2.67. The van der Waals surface area contributed by atoms with Gasteiger partial charge in [-0.3, -0.25) is 4.98 Å². The van der Waals surface area contributed by atoms with E-state index in [0.29, 0.717) is 12.2 Å². The molecule has 1 aromatic heterocycles. The molecule has 0 fully saturated rings. The molecule has 0 aliphatic carbocycles. The van der Waals surface area contributed by atoms with Crippen molar-refractivity contribution in [1.82, 2.24) is 4.98 Å². The van der Waals surface area contributed by atoms with Crippen LogP contribution in [0.1, 0.15) is 16.8 Å². The highest BCUT2D eigenvalue weighted by Crippen LogP contribution is 2.15. The second-order valence-electron chi connectivity index (χ2n) is 2.49. The van der Waals surface area contributed by atoms with Crippen LogP contribution in [-0.4, -0.2) is 4.98 Å². The van der Waals surface area contributed by atoms with Crippen LogP contribution in [-0.2, 0) is 11.3 Å². The molecule has 0 atom stereocenters. The van der Waals surface area contributed by atoms with Crippen LogP contribution in [0, 0.1) is 11.3 Å². The molecule has 12 heavy (non-hydrogen) atoms. The Balaban J connectivity index is 2.53. The fraction of sp³-hybridized carbons (Fsp3) is 0.111. The summed E-state index contributed by atoms with van der Waals surface area (Å²) in [5, 5.41) is 8.59. The average molecular weight is 158 g/mol. The van der Waals surface area contributed by atoms with Crippen molar-refractivity contribution in [2.45, 2.75) is 6.61 Å². The number of hydrogen-bond acceptors (Lipinski definition) is 3. The van der Waals surface area contributed by atoms with Gasteiger partial charge >= 0.3 is 0 Å². The molecule has 3 heteroatoms. The Morgan fingerprint density at radius 1 is 1.58 bits per heavy atom. The van der Waals surface area contributed by atoms with Gasteiger partial charge in [0.15, 0.2) is 0 Å². The highest BCUT2D eigenvalue weighted by atomic mass is 16.5. The lowest BCUT2D eigenvalue weighted by atomic mass is 10.1. The molecule has 0 amide bonds. The first kappa shape index (κ1) is 6.86. The van der Waals surface area contributed by atoms with Gasteiger partial charge < -0.3 is 4.74 Å². The first-order valence-corrected chi connectivity index (χ1v) is 3.57. The summed E-state index contributed by atoms with van der Waals surface area (Å²) < 4.78 is 5.07. The number of pyridine rings is 1. The smallest absolute Gasteiger partial charge is 0.115 e. The molecule has 1 aromatic rings. The van der Waals surface area contributed by atoms with Crippen LogP contribution in [0.3, 0.4) is 0 Å². The summed E-state index contributed by atoms with van der Waals surface area (Å²) in [6.07, 6.45) is 4.97. The van der Waals surface area contributed by atoms with Gasteiger partial charge in [0.05, 0.1) is 17.5 Å². The lowest BCUT2D eigenvalue weighted by molar-refractivity contribution is 0.234. The lowest BCUT2D eigenvalue weighted by Crippen LogP contribution is -1.99. The van der Waals surface area contributed by atoms with Gasteiger partial charge in [-0.2, -0.15) is 5.26 Å². The molecule has 3 nitrogen and oxygen atoms in total. The number of ether oxygens (including phenoxy) is 1. The van der Waals surface area contributed by atoms with Crippen molar-refractivity contribution in [1.29, 1.82) is 5.26 Å². The fourth-order valence-corrected chi connectivity index (χ4v) is 1.10. The minimum atomic E-state index is 0.508. The predicted molar refractivity (Wildman–Crippen MR) is 42.8 cm³/mol. The van der Waals surface area contributed by atoms with E-state index in [2.05, 4.69) is 4.98 Å². The van der Waals surface area contributed by atoms with Gasteiger partial charge in [-0.1, -0.05) is 0 Å². The van der Waals surface area contributed by atoms with Crippen molar-refractivity contribution in [3.63, 3.8) is 0 Å². The molecule has 58 valence electrons. The van der Waals surface area contributed by atoms with Gasteiger partial charge in [0.1, 0.15) is 12.7 Å². The number of fused-ring (bicyclic) bond motifs is 1. The Morgan fingerprint density at radius 3 is 3.33 bits per heavy atom. The van der Waals surface area contributed by atoms with E-state index in [0.717, 1.165) is 11.3 Å². The van der Waals surface area contributed by atoms with Crippen molar-refractivity contribution in [3.05, 3.63) is 35.3 Å². The molecule has 0 aromatic carbocycles. The highest BCUT2D eigenvalue weighted by Gasteiger charge is 2.06. The summed E-state index contributed by atoms with van der Waals surface area (Å²) in [5.74, 6) is 0. The summed E-state index contributed by atoms with van der Waals surface area (Å²) in [5.41, 5.74) is 2.43. The zero-order valence-electron chi connectivity index (χ0n) is 6.32. The third kappa shape index (κ3) is 1.04. The fourth-order valence-electron chi connectivity index (χ4n) is 1.10. The maximum Gasteiger partial charge on any atom is 0.115 e. The van der Waals surface area contributed by atoms with Crippen LogP contribution < -0.4 is 0 Å². The lowest BCUT2D eigenvalue weighted by Gasteiger charge is -2.09. The highest BCUT2D eigenvalue weighted by molar-refractivity contribution is 5.51. The van der Waals surface area contributed by atoms with Crippen molar-refractivity contribution in [2.24, 2.45) is 0 Å². The van der Waals surface area contributed by atoms with Gasteiger partial charge in [0.2, 0.25) is 0 Å². The van der Waals surface area contributed by atoms with E-state index in [-0.39, 0.29) is 0 Å². The molecule has 2 heterocycles. The molecular formula is C9H6N2O. The third-order valence-corrected chi connectivity index (χ3v) is 1.69. The number of rotatable bonds is 0. The summed E-state index contributed by atoms with van der Waals surface area (Å²) >= 11 is 0. The number of nitriles is 1. The van der Waals surface area contributed by atoms with Crippen LogP contribution in [0.25, 0.3) is 6.08 Å². The van der Waals surface area contributed by atoms with Gasteiger partial charge in [-0.25, -0.2) is 0 Å². The van der Waals surface area contributed by atoms with E-state index in [1.165, 1.54) is 0 Å². The minimum Gasteiger partial charge on any atom is -0.496 e. The zero-order chi connectivity index (χ0) is 8.39. The van der Waals surface area contributed by atoms with Crippen molar-refractivity contribution >= 4 is 6.08 Å². The number of aromatic nitrogens is 1. The maximum absolute atomic E-state index is 8.59. The monoisotopic (exact) mass is 158 g/mol. The van der Waals surface area contributed by atoms with Gasteiger partial charge in [-0.05, 0) is 12.1 Å². The Bertz CT molecular complexity index is 377. The number of hydrogen-bond donors (Lipinski definition) is 0. The first-order valence-electron chi connectivity index (χ1n) is 3.57. The van der Waals surface area contributed by atoms with Gasteiger partial charge in [-0.15, -0.1) is 0 Å². The Hall–Kier alpha value is -1.82. The Kier molecular flexibility index (Phi) is 1.52. The predicted octanol–water partition coefficient (Wildman–Crippen LogP) is 1.45. The largest absolute Gasteiger partial charge is 0.496 e. The molecule has 0 bridgehead atoms. The molecule has 0 saturated carbocycles. The van der Waals surface area contributed by atoms with Crippen LogP contribution in [0.5, 0.6) is 0 Å². The standard InChI is InChI=1S/C9H6N2O/c10-4-7-3-8-6-12-2-1-9(8)11-5-7/h1-3,5H,6H2. The van der Waals surface area contributed by atoms with Crippen LogP contribution in [0.2, 0.25) is 0 Å². The Morgan fingerprint density at radius 2 is 2.50 bits per heavy atom. The first-order chi connectivity index (χ1) is 5.90. The number of nitrogens with zero attached hydrogens (tertiary/aromatic N) is 2. The summed E-state index contributed by atoms with van der Waals surface area (Å²) in [4.78, 5) is 4.10. The quantitative estimate of drug-likeness (QED) is 0.574. The minimum absolute atomic E-state index is 0.508. The summed E-state index contributed by atoms with van der Waals surface area (Å²) in [7, 11) is 0. The van der Waals surface area contributed by atoms with E-state index in [1.807, 2.05) is 6.07 Å². The van der Waals surface area contributed by atoms with E-state index < -0.39 is 0 Å². The summed E-state index contributed by atoms with van der Waals surface area (Å²) in [6, 6.07) is 3.83. The molecule has 0 N–H and O–H groups in total. The normalized spacial score (nSPS) is 12.9. The van der Waals surface area contributed by atoms with Crippen molar-refractivity contribution in [3.8, 4) is 6.07 Å². The molecule has 0 unspecified atom stereocenters. The third-order valence-electron chi connectivity index (χ3n) is 1.69.